The van der Waals surface area contributed by atoms with Crippen molar-refractivity contribution in [1.29, 1.82) is 0 Å². The Bertz CT molecular complexity index is 640. The van der Waals surface area contributed by atoms with Gasteiger partial charge in [0.2, 0.25) is 0 Å². The van der Waals surface area contributed by atoms with E-state index in [-0.39, 0.29) is 18.3 Å². The Morgan fingerprint density at radius 1 is 1.44 bits per heavy atom. The van der Waals surface area contributed by atoms with Crippen LogP contribution in [0.25, 0.3) is 0 Å². The van der Waals surface area contributed by atoms with Crippen LogP contribution in [0.4, 0.5) is 4.79 Å². The number of fused-ring (bicyclic) bond motifs is 2. The molecule has 2 unspecified atom stereocenters. The van der Waals surface area contributed by atoms with Crippen molar-refractivity contribution in [3.63, 3.8) is 0 Å². The van der Waals surface area contributed by atoms with Crippen LogP contribution < -0.4 is 5.32 Å². The summed E-state index contributed by atoms with van der Waals surface area (Å²) >= 11 is 2.38. The van der Waals surface area contributed by atoms with E-state index in [9.17, 15) is 9.90 Å². The summed E-state index contributed by atoms with van der Waals surface area (Å²) in [5.74, 6) is 0.531. The average molecular weight is 459 g/mol. The van der Waals surface area contributed by atoms with Crippen LogP contribution >= 0.6 is 22.6 Å². The molecule has 2 bridgehead atoms. The van der Waals surface area contributed by atoms with E-state index in [0.29, 0.717) is 5.92 Å². The molecule has 2 aliphatic rings. The number of amides is 1. The van der Waals surface area contributed by atoms with Gasteiger partial charge < -0.3 is 19.9 Å². The summed E-state index contributed by atoms with van der Waals surface area (Å²) in [5, 5.41) is 12.6. The second kappa shape index (κ2) is 7.40. The van der Waals surface area contributed by atoms with Gasteiger partial charge in [-0.25, -0.2) is 4.79 Å². The van der Waals surface area contributed by atoms with E-state index in [1.54, 1.807) is 7.11 Å². The lowest BCUT2D eigenvalue weighted by Gasteiger charge is -2.51. The zero-order valence-corrected chi connectivity index (χ0v) is 16.9. The fraction of sp³-hybridized carbons (Fsp3) is 0.632. The molecule has 3 rings (SSSR count). The third-order valence-electron chi connectivity index (χ3n) is 6.11. The normalized spacial score (nSPS) is 31.9. The van der Waals surface area contributed by atoms with Gasteiger partial charge in [0.05, 0.1) is 11.6 Å². The molecule has 6 heteroatoms. The van der Waals surface area contributed by atoms with Crippen molar-refractivity contribution in [2.75, 3.05) is 13.9 Å². The number of carboxylic acid groups (broad SMARTS) is 1. The second-order valence-corrected chi connectivity index (χ2v) is 8.41. The molecule has 4 atom stereocenters. The number of ether oxygens (including phenoxy) is 2. The maximum atomic E-state index is 11.8. The van der Waals surface area contributed by atoms with Crippen LogP contribution in [0.15, 0.2) is 24.3 Å². The number of benzene rings is 1. The molecule has 2 saturated carbocycles. The van der Waals surface area contributed by atoms with E-state index >= 15 is 0 Å². The highest BCUT2D eigenvalue weighted by Crippen LogP contribution is 2.63. The van der Waals surface area contributed by atoms with Crippen LogP contribution in [0.3, 0.4) is 0 Å². The number of hydrogen-bond acceptors (Lipinski definition) is 3. The van der Waals surface area contributed by atoms with E-state index in [1.807, 2.05) is 6.07 Å². The fourth-order valence-corrected chi connectivity index (χ4v) is 6.26. The van der Waals surface area contributed by atoms with E-state index in [4.69, 9.17) is 9.47 Å². The summed E-state index contributed by atoms with van der Waals surface area (Å²) in [5.41, 5.74) is 0.419. The monoisotopic (exact) mass is 459 g/mol. The van der Waals surface area contributed by atoms with Crippen molar-refractivity contribution in [3.8, 4) is 0 Å². The first-order valence-corrected chi connectivity index (χ1v) is 9.93. The summed E-state index contributed by atoms with van der Waals surface area (Å²) in [7, 11) is 1.60. The fourth-order valence-electron chi connectivity index (χ4n) is 5.35. The van der Waals surface area contributed by atoms with E-state index in [0.717, 1.165) is 32.1 Å². The van der Waals surface area contributed by atoms with Crippen LogP contribution in [0.1, 0.15) is 44.6 Å². The molecule has 0 radical (unpaired) electrons. The van der Waals surface area contributed by atoms with Gasteiger partial charge in [-0.15, -0.1) is 0 Å². The molecule has 0 spiro atoms. The molecular weight excluding hydrogens is 433 g/mol. The molecule has 2 fully saturated rings. The zero-order chi connectivity index (χ0) is 18.1. The van der Waals surface area contributed by atoms with Crippen molar-refractivity contribution in [2.45, 2.75) is 56.1 Å². The molecule has 0 aliphatic heterocycles. The SMILES string of the molecule is CCC(OCOC)[C@]1(NC(=O)O)CC2CC[C@@]1(c1ccccc1I)C2. The third kappa shape index (κ3) is 3.06. The molecule has 5 nitrogen and oxygen atoms in total. The predicted octanol–water partition coefficient (Wildman–Crippen LogP) is 4.14. The van der Waals surface area contributed by atoms with Gasteiger partial charge in [-0.1, -0.05) is 25.1 Å². The molecule has 1 amide bonds. The number of rotatable bonds is 7. The smallest absolute Gasteiger partial charge is 0.405 e. The summed E-state index contributed by atoms with van der Waals surface area (Å²) < 4.78 is 12.3. The maximum Gasteiger partial charge on any atom is 0.405 e. The van der Waals surface area contributed by atoms with Crippen LogP contribution in [-0.2, 0) is 14.9 Å². The molecule has 0 saturated heterocycles. The molecule has 1 aromatic carbocycles. The molecule has 25 heavy (non-hydrogen) atoms. The molecule has 2 N–H and O–H groups in total. The Morgan fingerprint density at radius 3 is 2.80 bits per heavy atom. The number of carbonyl (C=O) groups is 1. The highest BCUT2D eigenvalue weighted by atomic mass is 127. The van der Waals surface area contributed by atoms with Crippen LogP contribution in [0.2, 0.25) is 0 Å². The van der Waals surface area contributed by atoms with Crippen molar-refractivity contribution >= 4 is 28.7 Å². The molecule has 2 aliphatic carbocycles. The van der Waals surface area contributed by atoms with E-state index < -0.39 is 11.6 Å². The standard InChI is InChI=1S/C19H26INO4/c1-3-16(25-12-24-2)19(21-17(22)23)11-13-8-9-18(19,10-13)14-6-4-5-7-15(14)20/h4-7,13,16,21H,3,8-12H2,1-2H3,(H,22,23)/t13?,16?,18-,19+/m0/s1. The van der Waals surface area contributed by atoms with Crippen LogP contribution in [0.5, 0.6) is 0 Å². The number of halogens is 1. The van der Waals surface area contributed by atoms with Gasteiger partial charge in [-0.05, 0) is 72.2 Å². The highest BCUT2D eigenvalue weighted by molar-refractivity contribution is 14.1. The van der Waals surface area contributed by atoms with Gasteiger partial charge in [-0.3, -0.25) is 0 Å². The molecule has 0 heterocycles. The van der Waals surface area contributed by atoms with E-state index in [2.05, 4.69) is 53.0 Å². The summed E-state index contributed by atoms with van der Waals surface area (Å²) in [6, 6.07) is 8.37. The maximum absolute atomic E-state index is 11.8. The largest absolute Gasteiger partial charge is 0.465 e. The van der Waals surface area contributed by atoms with Gasteiger partial charge in [0.25, 0.3) is 0 Å². The Kier molecular flexibility index (Phi) is 5.60. The lowest BCUT2D eigenvalue weighted by atomic mass is 9.62. The zero-order valence-electron chi connectivity index (χ0n) is 14.8. The van der Waals surface area contributed by atoms with Crippen LogP contribution in [-0.4, -0.2) is 36.7 Å². The minimum Gasteiger partial charge on any atom is -0.465 e. The van der Waals surface area contributed by atoms with Crippen molar-refractivity contribution in [3.05, 3.63) is 33.4 Å². The number of methoxy groups -OCH3 is 1. The molecule has 1 aromatic rings. The molecule has 0 aromatic heterocycles. The van der Waals surface area contributed by atoms with E-state index in [1.165, 1.54) is 9.13 Å². The highest BCUT2D eigenvalue weighted by Gasteiger charge is 2.66. The summed E-state index contributed by atoms with van der Waals surface area (Å²) in [6.45, 7) is 2.23. The number of hydrogen-bond donors (Lipinski definition) is 2. The first-order valence-electron chi connectivity index (χ1n) is 8.85. The van der Waals surface area contributed by atoms with Crippen molar-refractivity contribution < 1.29 is 19.4 Å². The second-order valence-electron chi connectivity index (χ2n) is 7.25. The lowest BCUT2D eigenvalue weighted by Crippen LogP contribution is -2.67. The van der Waals surface area contributed by atoms with Gasteiger partial charge >= 0.3 is 6.09 Å². The Morgan fingerprint density at radius 2 is 2.20 bits per heavy atom. The van der Waals surface area contributed by atoms with Gasteiger partial charge in [0.15, 0.2) is 0 Å². The summed E-state index contributed by atoms with van der Waals surface area (Å²) in [4.78, 5) is 11.8. The molecule has 138 valence electrons. The van der Waals surface area contributed by atoms with Crippen LogP contribution in [0, 0.1) is 9.49 Å². The Balaban J connectivity index is 2.12. The lowest BCUT2D eigenvalue weighted by molar-refractivity contribution is -0.119. The minimum atomic E-state index is -0.975. The van der Waals surface area contributed by atoms with Crippen molar-refractivity contribution in [2.24, 2.45) is 5.92 Å². The number of nitrogens with one attached hydrogen (secondary N) is 1. The predicted molar refractivity (Wildman–Crippen MR) is 104 cm³/mol. The topological polar surface area (TPSA) is 67.8 Å². The Labute approximate surface area is 162 Å². The first kappa shape index (κ1) is 18.9. The van der Waals surface area contributed by atoms with Crippen molar-refractivity contribution in [1.82, 2.24) is 5.32 Å². The first-order chi connectivity index (χ1) is 12.0. The van der Waals surface area contributed by atoms with Gasteiger partial charge in [0, 0.05) is 16.1 Å². The van der Waals surface area contributed by atoms with Gasteiger partial charge in [-0.2, -0.15) is 0 Å². The molecular formula is C19H26INO4. The third-order valence-corrected chi connectivity index (χ3v) is 7.05. The Hall–Kier alpha value is -0.860. The minimum absolute atomic E-state index is 0.175. The summed E-state index contributed by atoms with van der Waals surface area (Å²) in [6.07, 6.45) is 3.52. The van der Waals surface area contributed by atoms with Gasteiger partial charge in [0.1, 0.15) is 6.79 Å². The quantitative estimate of drug-likeness (QED) is 0.475. The average Bonchev–Trinajstić information content (AvgIpc) is 3.12.